The van der Waals surface area contributed by atoms with Crippen molar-refractivity contribution in [2.75, 3.05) is 26.9 Å². The van der Waals surface area contributed by atoms with E-state index in [1.165, 1.54) is 0 Å². The monoisotopic (exact) mass is 237 g/mol. The van der Waals surface area contributed by atoms with Crippen molar-refractivity contribution in [2.45, 2.75) is 18.4 Å². The zero-order valence-electron chi connectivity index (χ0n) is 10.3. The van der Waals surface area contributed by atoms with Gasteiger partial charge in [0.15, 0.2) is 0 Å². The third-order valence-corrected chi connectivity index (χ3v) is 3.52. The second-order valence-corrected chi connectivity index (χ2v) is 4.64. The van der Waals surface area contributed by atoms with Gasteiger partial charge in [0.1, 0.15) is 5.75 Å². The second-order valence-electron chi connectivity index (χ2n) is 4.64. The van der Waals surface area contributed by atoms with Crippen molar-refractivity contribution in [1.82, 2.24) is 0 Å². The first kappa shape index (κ1) is 12.4. The van der Waals surface area contributed by atoms with Gasteiger partial charge in [0.2, 0.25) is 0 Å². The van der Waals surface area contributed by atoms with Gasteiger partial charge in [0.05, 0.1) is 32.3 Å². The SMILES string of the molecule is COc1ccc(C)cc1C1(C(N)CO)COC1. The molecule has 0 aliphatic carbocycles. The van der Waals surface area contributed by atoms with E-state index < -0.39 is 0 Å². The molecule has 0 amide bonds. The van der Waals surface area contributed by atoms with E-state index in [1.54, 1.807) is 7.11 Å². The number of aliphatic hydroxyl groups excluding tert-OH is 1. The van der Waals surface area contributed by atoms with Crippen LogP contribution < -0.4 is 10.5 Å². The molecule has 1 aliphatic heterocycles. The van der Waals surface area contributed by atoms with Gasteiger partial charge in [-0.3, -0.25) is 0 Å². The van der Waals surface area contributed by atoms with Crippen LogP contribution in [0.15, 0.2) is 18.2 Å². The summed E-state index contributed by atoms with van der Waals surface area (Å²) >= 11 is 0. The predicted octanol–water partition coefficient (Wildman–Crippen LogP) is 0.591. The zero-order valence-corrected chi connectivity index (χ0v) is 10.3. The Morgan fingerprint density at radius 2 is 2.24 bits per heavy atom. The van der Waals surface area contributed by atoms with Crippen LogP contribution in [0.2, 0.25) is 0 Å². The molecule has 17 heavy (non-hydrogen) atoms. The molecule has 1 aromatic rings. The lowest BCUT2D eigenvalue weighted by Gasteiger charge is -2.46. The Kier molecular flexibility index (Phi) is 3.38. The molecular weight excluding hydrogens is 218 g/mol. The second kappa shape index (κ2) is 4.64. The summed E-state index contributed by atoms with van der Waals surface area (Å²) in [4.78, 5) is 0. The number of aryl methyl sites for hydroxylation is 1. The first-order valence-electron chi connectivity index (χ1n) is 5.73. The van der Waals surface area contributed by atoms with Crippen LogP contribution in [0.5, 0.6) is 5.75 Å². The lowest BCUT2D eigenvalue weighted by atomic mass is 9.72. The first-order chi connectivity index (χ1) is 8.14. The Hall–Kier alpha value is -1.10. The highest BCUT2D eigenvalue weighted by atomic mass is 16.5. The number of benzene rings is 1. The molecule has 94 valence electrons. The molecule has 4 nitrogen and oxygen atoms in total. The number of nitrogens with two attached hydrogens (primary N) is 1. The molecule has 1 aromatic carbocycles. The summed E-state index contributed by atoms with van der Waals surface area (Å²) in [5, 5.41) is 9.31. The van der Waals surface area contributed by atoms with Crippen molar-refractivity contribution in [1.29, 1.82) is 0 Å². The summed E-state index contributed by atoms with van der Waals surface area (Å²) in [5.41, 5.74) is 7.91. The van der Waals surface area contributed by atoms with E-state index in [2.05, 4.69) is 6.07 Å². The Morgan fingerprint density at radius 1 is 1.53 bits per heavy atom. The average molecular weight is 237 g/mol. The Balaban J connectivity index is 2.46. The van der Waals surface area contributed by atoms with Crippen molar-refractivity contribution < 1.29 is 14.6 Å². The van der Waals surface area contributed by atoms with Crippen LogP contribution in [0.3, 0.4) is 0 Å². The van der Waals surface area contributed by atoms with Crippen molar-refractivity contribution in [2.24, 2.45) is 5.73 Å². The molecule has 1 unspecified atom stereocenters. The Bertz CT molecular complexity index is 402. The number of hydrogen-bond acceptors (Lipinski definition) is 4. The molecule has 3 N–H and O–H groups in total. The van der Waals surface area contributed by atoms with Crippen molar-refractivity contribution in [3.8, 4) is 5.75 Å². The van der Waals surface area contributed by atoms with Gasteiger partial charge < -0.3 is 20.3 Å². The minimum absolute atomic E-state index is 0.0551. The molecule has 1 fully saturated rings. The third-order valence-electron chi connectivity index (χ3n) is 3.52. The average Bonchev–Trinajstić information content (AvgIpc) is 2.27. The normalized spacial score (nSPS) is 19.5. The Morgan fingerprint density at radius 3 is 2.71 bits per heavy atom. The minimum atomic E-state index is -0.327. The highest BCUT2D eigenvalue weighted by molar-refractivity contribution is 5.45. The molecule has 1 saturated heterocycles. The topological polar surface area (TPSA) is 64.7 Å². The third kappa shape index (κ3) is 1.92. The fourth-order valence-electron chi connectivity index (χ4n) is 2.28. The molecule has 2 rings (SSSR count). The fourth-order valence-corrected chi connectivity index (χ4v) is 2.28. The van der Waals surface area contributed by atoms with Gasteiger partial charge in [-0.25, -0.2) is 0 Å². The number of hydrogen-bond donors (Lipinski definition) is 2. The molecular formula is C13H19NO3. The standard InChI is InChI=1S/C13H19NO3/c1-9-3-4-11(16-2)10(5-9)13(7-17-8-13)12(14)6-15/h3-5,12,15H,6-8,14H2,1-2H3. The number of rotatable bonds is 4. The lowest BCUT2D eigenvalue weighted by Crippen LogP contribution is -2.60. The van der Waals surface area contributed by atoms with E-state index in [4.69, 9.17) is 15.2 Å². The highest BCUT2D eigenvalue weighted by Crippen LogP contribution is 2.40. The molecule has 0 spiro atoms. The maximum absolute atomic E-state index is 9.31. The van der Waals surface area contributed by atoms with E-state index in [-0.39, 0.29) is 18.1 Å². The van der Waals surface area contributed by atoms with Crippen LogP contribution in [-0.4, -0.2) is 38.1 Å². The van der Waals surface area contributed by atoms with Crippen LogP contribution >= 0.6 is 0 Å². The van der Waals surface area contributed by atoms with Crippen LogP contribution in [0, 0.1) is 6.92 Å². The number of ether oxygens (including phenoxy) is 2. The fraction of sp³-hybridized carbons (Fsp3) is 0.538. The van der Waals surface area contributed by atoms with Gasteiger partial charge in [-0.05, 0) is 13.0 Å². The van der Waals surface area contributed by atoms with Crippen LogP contribution in [0.4, 0.5) is 0 Å². The summed E-state index contributed by atoms with van der Waals surface area (Å²) in [6.45, 7) is 3.05. The predicted molar refractivity (Wildman–Crippen MR) is 65.3 cm³/mol. The largest absolute Gasteiger partial charge is 0.496 e. The van der Waals surface area contributed by atoms with Gasteiger partial charge >= 0.3 is 0 Å². The molecule has 0 bridgehead atoms. The smallest absolute Gasteiger partial charge is 0.122 e. The molecule has 0 saturated carbocycles. The summed E-state index contributed by atoms with van der Waals surface area (Å²) in [6.07, 6.45) is 0. The van der Waals surface area contributed by atoms with E-state index >= 15 is 0 Å². The van der Waals surface area contributed by atoms with Gasteiger partial charge in [-0.2, -0.15) is 0 Å². The molecule has 1 aliphatic rings. The highest BCUT2D eigenvalue weighted by Gasteiger charge is 2.47. The van der Waals surface area contributed by atoms with Crippen molar-refractivity contribution in [3.05, 3.63) is 29.3 Å². The molecule has 0 radical (unpaired) electrons. The number of methoxy groups -OCH3 is 1. The quantitative estimate of drug-likeness (QED) is 0.804. The van der Waals surface area contributed by atoms with E-state index in [1.807, 2.05) is 19.1 Å². The summed E-state index contributed by atoms with van der Waals surface area (Å²) in [6, 6.07) is 5.68. The van der Waals surface area contributed by atoms with E-state index in [0.717, 1.165) is 16.9 Å². The summed E-state index contributed by atoms with van der Waals surface area (Å²) < 4.78 is 10.7. The van der Waals surface area contributed by atoms with Gasteiger partial charge in [-0.1, -0.05) is 17.7 Å². The maximum Gasteiger partial charge on any atom is 0.122 e. The van der Waals surface area contributed by atoms with Gasteiger partial charge in [-0.15, -0.1) is 0 Å². The first-order valence-corrected chi connectivity index (χ1v) is 5.73. The van der Waals surface area contributed by atoms with Crippen molar-refractivity contribution in [3.63, 3.8) is 0 Å². The molecule has 1 heterocycles. The van der Waals surface area contributed by atoms with Gasteiger partial charge in [0, 0.05) is 11.6 Å². The molecule has 1 atom stereocenters. The van der Waals surface area contributed by atoms with E-state index in [9.17, 15) is 5.11 Å². The van der Waals surface area contributed by atoms with Gasteiger partial charge in [0.25, 0.3) is 0 Å². The lowest BCUT2D eigenvalue weighted by molar-refractivity contribution is -0.0806. The molecule has 0 aromatic heterocycles. The van der Waals surface area contributed by atoms with E-state index in [0.29, 0.717) is 13.2 Å². The summed E-state index contributed by atoms with van der Waals surface area (Å²) in [5.74, 6) is 0.808. The van der Waals surface area contributed by atoms with Crippen LogP contribution in [0.1, 0.15) is 11.1 Å². The van der Waals surface area contributed by atoms with Crippen LogP contribution in [-0.2, 0) is 10.2 Å². The molecule has 4 heteroatoms. The summed E-state index contributed by atoms with van der Waals surface area (Å²) in [7, 11) is 1.64. The van der Waals surface area contributed by atoms with Crippen LogP contribution in [0.25, 0.3) is 0 Å². The minimum Gasteiger partial charge on any atom is -0.496 e. The zero-order chi connectivity index (χ0) is 12.5. The number of aliphatic hydroxyl groups is 1. The Labute approximate surface area is 101 Å². The maximum atomic E-state index is 9.31. The van der Waals surface area contributed by atoms with Crippen molar-refractivity contribution >= 4 is 0 Å².